The minimum atomic E-state index is -4.57. The number of thioether (sulfide) groups is 1. The van der Waals surface area contributed by atoms with Crippen LogP contribution in [0.15, 0.2) is 17.4 Å². The Hall–Kier alpha value is -1.84. The van der Waals surface area contributed by atoms with E-state index in [0.29, 0.717) is 24.7 Å². The van der Waals surface area contributed by atoms with E-state index in [1.807, 2.05) is 12.2 Å². The molecule has 0 saturated heterocycles. The Morgan fingerprint density at radius 1 is 1.38 bits per heavy atom. The molecule has 1 rings (SSSR count). The summed E-state index contributed by atoms with van der Waals surface area (Å²) in [5, 5.41) is 4.29. The van der Waals surface area contributed by atoms with Crippen molar-refractivity contribution in [1.29, 1.82) is 0 Å². The molecule has 1 aromatic heterocycles. The highest BCUT2D eigenvalue weighted by Gasteiger charge is 2.32. The molecule has 0 atom stereocenters. The molecule has 0 spiro atoms. The number of imide groups is 1. The van der Waals surface area contributed by atoms with E-state index in [4.69, 9.17) is 0 Å². The quantitative estimate of drug-likeness (QED) is 0.638. The number of hydrogen-bond donors (Lipinski definition) is 2. The van der Waals surface area contributed by atoms with E-state index in [2.05, 4.69) is 15.3 Å². The molecular weight excluding hydrogens is 309 g/mol. The van der Waals surface area contributed by atoms with Crippen LogP contribution in [0, 0.1) is 0 Å². The van der Waals surface area contributed by atoms with E-state index < -0.39 is 23.8 Å². The maximum atomic E-state index is 12.4. The van der Waals surface area contributed by atoms with Crippen molar-refractivity contribution in [3.05, 3.63) is 18.0 Å². The number of rotatable bonds is 5. The summed E-state index contributed by atoms with van der Waals surface area (Å²) in [5.74, 6) is -0.907. The van der Waals surface area contributed by atoms with Gasteiger partial charge >= 0.3 is 12.2 Å². The molecule has 21 heavy (non-hydrogen) atoms. The molecule has 1 aromatic rings. The molecule has 0 radical (unpaired) electrons. The van der Waals surface area contributed by atoms with E-state index in [1.54, 1.807) is 0 Å². The lowest BCUT2D eigenvalue weighted by Crippen LogP contribution is -2.40. The lowest BCUT2D eigenvalue weighted by Gasteiger charge is -2.07. The van der Waals surface area contributed by atoms with E-state index in [-0.39, 0.29) is 10.9 Å². The van der Waals surface area contributed by atoms with Gasteiger partial charge in [-0.2, -0.15) is 13.2 Å². The molecule has 0 aromatic carbocycles. The second-order valence-corrected chi connectivity index (χ2v) is 4.76. The lowest BCUT2D eigenvalue weighted by molar-refractivity contribution is -0.141. The highest BCUT2D eigenvalue weighted by Crippen LogP contribution is 2.28. The van der Waals surface area contributed by atoms with E-state index in [9.17, 15) is 22.8 Å². The summed E-state index contributed by atoms with van der Waals surface area (Å²) in [6, 6.07) is 0.0925. The van der Waals surface area contributed by atoms with Crippen LogP contribution in [0.5, 0.6) is 0 Å². The molecule has 3 amide bonds. The van der Waals surface area contributed by atoms with E-state index in [0.717, 1.165) is 12.3 Å². The SMILES string of the molecule is CCCNC(=O)NC(=O)CSc1nccc(C(F)(F)F)n1. The van der Waals surface area contributed by atoms with Crippen molar-refractivity contribution < 1.29 is 22.8 Å². The fourth-order valence-electron chi connectivity index (χ4n) is 1.14. The molecule has 6 nitrogen and oxygen atoms in total. The molecule has 0 fully saturated rings. The molecule has 1 heterocycles. The van der Waals surface area contributed by atoms with Crippen LogP contribution >= 0.6 is 11.8 Å². The van der Waals surface area contributed by atoms with Gasteiger partial charge < -0.3 is 5.32 Å². The first-order chi connectivity index (χ1) is 9.82. The van der Waals surface area contributed by atoms with Crippen LogP contribution in [-0.2, 0) is 11.0 Å². The van der Waals surface area contributed by atoms with Crippen molar-refractivity contribution in [3.63, 3.8) is 0 Å². The topological polar surface area (TPSA) is 84.0 Å². The van der Waals surface area contributed by atoms with Gasteiger partial charge in [-0.25, -0.2) is 14.8 Å². The highest BCUT2D eigenvalue weighted by atomic mass is 32.2. The second-order valence-electron chi connectivity index (χ2n) is 3.81. The van der Waals surface area contributed by atoms with Crippen LogP contribution in [0.1, 0.15) is 19.0 Å². The average molecular weight is 322 g/mol. The molecule has 10 heteroatoms. The first kappa shape index (κ1) is 17.2. The number of nitrogens with zero attached hydrogens (tertiary/aromatic N) is 2. The Morgan fingerprint density at radius 3 is 2.71 bits per heavy atom. The largest absolute Gasteiger partial charge is 0.433 e. The van der Waals surface area contributed by atoms with Gasteiger partial charge in [0.25, 0.3) is 0 Å². The zero-order valence-corrected chi connectivity index (χ0v) is 11.8. The zero-order valence-electron chi connectivity index (χ0n) is 11.0. The number of alkyl halides is 3. The maximum absolute atomic E-state index is 12.4. The molecule has 0 bridgehead atoms. The molecule has 0 aliphatic rings. The fourth-order valence-corrected chi connectivity index (χ4v) is 1.77. The van der Waals surface area contributed by atoms with Crippen LogP contribution in [0.4, 0.5) is 18.0 Å². The van der Waals surface area contributed by atoms with Gasteiger partial charge in [0.05, 0.1) is 5.75 Å². The average Bonchev–Trinajstić information content (AvgIpc) is 2.42. The molecule has 2 N–H and O–H groups in total. The number of urea groups is 1. The number of nitrogens with one attached hydrogen (secondary N) is 2. The molecule has 116 valence electrons. The second kappa shape index (κ2) is 7.81. The third-order valence-corrected chi connectivity index (χ3v) is 2.91. The Kier molecular flexibility index (Phi) is 6.40. The Bertz CT molecular complexity index is 510. The molecule has 0 aliphatic heterocycles. The normalized spacial score (nSPS) is 11.0. The fraction of sp³-hybridized carbons (Fsp3) is 0.455. The van der Waals surface area contributed by atoms with E-state index in [1.165, 1.54) is 0 Å². The minimum absolute atomic E-state index is 0.186. The van der Waals surface area contributed by atoms with Crippen molar-refractivity contribution >= 4 is 23.7 Å². The number of aromatic nitrogens is 2. The third kappa shape index (κ3) is 6.43. The monoisotopic (exact) mass is 322 g/mol. The maximum Gasteiger partial charge on any atom is 0.433 e. The summed E-state index contributed by atoms with van der Waals surface area (Å²) in [6.07, 6.45) is -2.89. The first-order valence-corrected chi connectivity index (χ1v) is 6.92. The van der Waals surface area contributed by atoms with Crippen LogP contribution in [0.3, 0.4) is 0 Å². The summed E-state index contributed by atoms with van der Waals surface area (Å²) in [6.45, 7) is 2.27. The summed E-state index contributed by atoms with van der Waals surface area (Å²) >= 11 is 0.710. The Morgan fingerprint density at radius 2 is 2.10 bits per heavy atom. The number of carbonyl (C=O) groups is 2. The highest BCUT2D eigenvalue weighted by molar-refractivity contribution is 7.99. The smallest absolute Gasteiger partial charge is 0.338 e. The molecule has 0 unspecified atom stereocenters. The zero-order chi connectivity index (χ0) is 15.9. The Labute approximate surface area is 122 Å². The van der Waals surface area contributed by atoms with Crippen LogP contribution in [0.2, 0.25) is 0 Å². The predicted octanol–water partition coefficient (Wildman–Crippen LogP) is 1.82. The van der Waals surface area contributed by atoms with Gasteiger partial charge in [-0.05, 0) is 12.5 Å². The van der Waals surface area contributed by atoms with Crippen LogP contribution in [0.25, 0.3) is 0 Å². The van der Waals surface area contributed by atoms with Gasteiger partial charge in [-0.3, -0.25) is 10.1 Å². The van der Waals surface area contributed by atoms with Crippen molar-refractivity contribution in [2.24, 2.45) is 0 Å². The first-order valence-electron chi connectivity index (χ1n) is 5.93. The summed E-state index contributed by atoms with van der Waals surface area (Å²) in [5.41, 5.74) is -1.08. The third-order valence-electron chi connectivity index (χ3n) is 2.04. The van der Waals surface area contributed by atoms with Gasteiger partial charge in [-0.15, -0.1) is 0 Å². The Balaban J connectivity index is 2.48. The van der Waals surface area contributed by atoms with Crippen molar-refractivity contribution in [2.45, 2.75) is 24.7 Å². The number of halogens is 3. The van der Waals surface area contributed by atoms with Gasteiger partial charge in [0.1, 0.15) is 5.69 Å². The van der Waals surface area contributed by atoms with Crippen LogP contribution in [-0.4, -0.2) is 34.2 Å². The van der Waals surface area contributed by atoms with Crippen LogP contribution < -0.4 is 10.6 Å². The number of carbonyl (C=O) groups excluding carboxylic acids is 2. The lowest BCUT2D eigenvalue weighted by atomic mass is 10.4. The van der Waals surface area contributed by atoms with Gasteiger partial charge in [0.2, 0.25) is 5.91 Å². The minimum Gasteiger partial charge on any atom is -0.338 e. The number of hydrogen-bond acceptors (Lipinski definition) is 5. The standard InChI is InChI=1S/C11H13F3N4O2S/c1-2-4-15-9(20)18-8(19)6-21-10-16-5-3-7(17-10)11(12,13)14/h3,5H,2,4,6H2,1H3,(H2,15,18,19,20). The number of amides is 3. The molecule has 0 saturated carbocycles. The van der Waals surface area contributed by atoms with Gasteiger partial charge in [0.15, 0.2) is 5.16 Å². The predicted molar refractivity (Wildman–Crippen MR) is 69.6 cm³/mol. The van der Waals surface area contributed by atoms with Gasteiger partial charge in [0, 0.05) is 12.7 Å². The summed E-state index contributed by atoms with van der Waals surface area (Å²) < 4.78 is 37.3. The summed E-state index contributed by atoms with van der Waals surface area (Å²) in [4.78, 5) is 29.5. The van der Waals surface area contributed by atoms with E-state index >= 15 is 0 Å². The van der Waals surface area contributed by atoms with Crippen molar-refractivity contribution in [3.8, 4) is 0 Å². The van der Waals surface area contributed by atoms with Gasteiger partial charge in [-0.1, -0.05) is 18.7 Å². The van der Waals surface area contributed by atoms with Crippen molar-refractivity contribution in [2.75, 3.05) is 12.3 Å². The summed E-state index contributed by atoms with van der Waals surface area (Å²) in [7, 11) is 0. The molecule has 0 aliphatic carbocycles. The molecular formula is C11H13F3N4O2S. The van der Waals surface area contributed by atoms with Crippen molar-refractivity contribution in [1.82, 2.24) is 20.6 Å².